The van der Waals surface area contributed by atoms with Gasteiger partial charge in [0, 0.05) is 0 Å². The van der Waals surface area contributed by atoms with Crippen molar-refractivity contribution in [1.82, 2.24) is 0 Å². The molecule has 26 heavy (non-hydrogen) atoms. The summed E-state index contributed by atoms with van der Waals surface area (Å²) in [6.45, 7) is 0. The minimum Gasteiger partial charge on any atom is -0.481 e. The van der Waals surface area contributed by atoms with Crippen molar-refractivity contribution in [1.29, 1.82) is 0 Å². The fourth-order valence-corrected chi connectivity index (χ4v) is 5.28. The molecule has 2 saturated heterocycles. The maximum atomic E-state index is 10.6. The molecule has 2 aliphatic heterocycles. The number of carbonyl (C=O) groups is 1. The van der Waals surface area contributed by atoms with E-state index in [9.17, 15) is 9.90 Å². The van der Waals surface area contributed by atoms with E-state index >= 15 is 0 Å². The number of fused-ring (bicyclic) bond motifs is 2. The minimum absolute atomic E-state index is 0.0727. The highest BCUT2D eigenvalue weighted by atomic mass is 16.5. The summed E-state index contributed by atoms with van der Waals surface area (Å²) in [6, 6.07) is 0. The van der Waals surface area contributed by atoms with Gasteiger partial charge in [-0.3, -0.25) is 4.79 Å². The smallest absolute Gasteiger partial charge is 0.307 e. The Hall–Kier alpha value is -1.13. The molecule has 0 aromatic heterocycles. The lowest BCUT2D eigenvalue weighted by molar-refractivity contribution is -0.136. The number of hydrogen-bond acceptors (Lipinski definition) is 3. The third-order valence-corrected chi connectivity index (χ3v) is 6.66. The number of aliphatic hydroxyl groups excluding tert-OH is 1. The Balaban J connectivity index is 1.46. The Bertz CT molecular complexity index is 506. The number of aliphatic hydroxyl groups is 1. The number of ether oxygens (including phenoxy) is 1. The zero-order valence-corrected chi connectivity index (χ0v) is 15.8. The van der Waals surface area contributed by atoms with Gasteiger partial charge in [0.05, 0.1) is 24.7 Å². The predicted octanol–water partition coefficient (Wildman–Crippen LogP) is 4.48. The van der Waals surface area contributed by atoms with Crippen LogP contribution in [0.2, 0.25) is 0 Å². The fraction of sp³-hybridized carbons (Fsp3) is 0.773. The van der Waals surface area contributed by atoms with E-state index in [1.807, 2.05) is 12.2 Å². The highest BCUT2D eigenvalue weighted by molar-refractivity contribution is 5.68. The van der Waals surface area contributed by atoms with Crippen LogP contribution in [0.5, 0.6) is 0 Å². The molecule has 3 rings (SSSR count). The first-order valence-electron chi connectivity index (χ1n) is 10.5. The van der Waals surface area contributed by atoms with E-state index in [0.717, 1.165) is 19.3 Å². The van der Waals surface area contributed by atoms with Crippen LogP contribution in [0.3, 0.4) is 0 Å². The highest BCUT2D eigenvalue weighted by Gasteiger charge is 2.47. The first kappa shape index (κ1) is 19.6. The number of hydrogen-bond donors (Lipinski definition) is 2. The Morgan fingerprint density at radius 3 is 2.42 bits per heavy atom. The summed E-state index contributed by atoms with van der Waals surface area (Å²) in [5, 5.41) is 19.2. The predicted molar refractivity (Wildman–Crippen MR) is 102 cm³/mol. The van der Waals surface area contributed by atoms with Crippen molar-refractivity contribution in [3.8, 4) is 0 Å². The van der Waals surface area contributed by atoms with Gasteiger partial charge in [0.15, 0.2) is 0 Å². The number of rotatable bonds is 9. The van der Waals surface area contributed by atoms with Gasteiger partial charge in [-0.1, -0.05) is 43.6 Å². The van der Waals surface area contributed by atoms with Gasteiger partial charge >= 0.3 is 5.97 Å². The average molecular weight is 363 g/mol. The molecule has 1 unspecified atom stereocenters. The van der Waals surface area contributed by atoms with Crippen LogP contribution in [-0.4, -0.2) is 34.5 Å². The van der Waals surface area contributed by atoms with Crippen LogP contribution in [0.4, 0.5) is 0 Å². The number of carboxylic acids is 1. The molecule has 2 heterocycles. The van der Waals surface area contributed by atoms with Crippen LogP contribution in [0, 0.1) is 17.8 Å². The Kier molecular flexibility index (Phi) is 7.32. The summed E-state index contributed by atoms with van der Waals surface area (Å²) < 4.78 is 6.17. The third kappa shape index (κ3) is 5.20. The summed E-state index contributed by atoms with van der Waals surface area (Å²) in [5.41, 5.74) is 0. The third-order valence-electron chi connectivity index (χ3n) is 6.66. The number of carboxylic acid groups (broad SMARTS) is 1. The number of allylic oxidation sites excluding steroid dienone is 3. The van der Waals surface area contributed by atoms with Gasteiger partial charge in [-0.25, -0.2) is 0 Å². The Morgan fingerprint density at radius 2 is 1.69 bits per heavy atom. The normalized spacial score (nSPS) is 33.4. The quantitative estimate of drug-likeness (QED) is 0.594. The molecule has 1 saturated carbocycles. The van der Waals surface area contributed by atoms with Gasteiger partial charge < -0.3 is 14.9 Å². The van der Waals surface area contributed by atoms with Crippen LogP contribution in [-0.2, 0) is 9.53 Å². The Morgan fingerprint density at radius 1 is 1.00 bits per heavy atom. The molecule has 0 aromatic rings. The molecule has 4 nitrogen and oxygen atoms in total. The first-order chi connectivity index (χ1) is 12.6. The molecule has 1 aliphatic carbocycles. The number of aliphatic carboxylic acids is 1. The maximum absolute atomic E-state index is 10.6. The van der Waals surface area contributed by atoms with Gasteiger partial charge in [0.25, 0.3) is 0 Å². The molecule has 0 aromatic carbocycles. The van der Waals surface area contributed by atoms with Crippen LogP contribution in [0.15, 0.2) is 24.3 Å². The van der Waals surface area contributed by atoms with Crippen LogP contribution in [0.25, 0.3) is 0 Å². The second kappa shape index (κ2) is 9.70. The molecular weight excluding hydrogens is 328 g/mol. The maximum Gasteiger partial charge on any atom is 0.307 e. The van der Waals surface area contributed by atoms with Crippen molar-refractivity contribution in [2.75, 3.05) is 0 Å². The SMILES string of the molecule is O=C(O)CC=C/C=C\C[C@H]1[C@@H](CCC(O)C2CCCCC2)[C@H]2CC[C@@H]1O2. The molecule has 0 radical (unpaired) electrons. The fourth-order valence-electron chi connectivity index (χ4n) is 5.28. The first-order valence-corrected chi connectivity index (χ1v) is 10.5. The second-order valence-corrected chi connectivity index (χ2v) is 8.35. The molecule has 0 amide bonds. The van der Waals surface area contributed by atoms with Gasteiger partial charge in [-0.2, -0.15) is 0 Å². The molecule has 146 valence electrons. The standard InChI is InChI=1S/C22H34O4/c23-19(16-8-4-3-5-9-16)13-12-18-17(20-14-15-21(18)26-20)10-6-1-2-7-11-22(24)25/h1-2,6-7,16-21,23H,3-5,8-15H2,(H,24,25)/b6-1-,7-2?/t17-,18+,19?,20-,21+/m0/s1. The highest BCUT2D eigenvalue weighted by Crippen LogP contribution is 2.47. The molecule has 5 atom stereocenters. The summed E-state index contributed by atoms with van der Waals surface area (Å²) >= 11 is 0. The summed E-state index contributed by atoms with van der Waals surface area (Å²) in [7, 11) is 0. The van der Waals surface area contributed by atoms with Crippen molar-refractivity contribution in [2.45, 2.75) is 88.9 Å². The van der Waals surface area contributed by atoms with Gasteiger partial charge in [0.2, 0.25) is 0 Å². The van der Waals surface area contributed by atoms with Crippen molar-refractivity contribution in [3.05, 3.63) is 24.3 Å². The molecule has 4 heteroatoms. The summed E-state index contributed by atoms with van der Waals surface area (Å²) in [4.78, 5) is 10.5. The molecule has 0 spiro atoms. The topological polar surface area (TPSA) is 66.8 Å². The summed E-state index contributed by atoms with van der Waals surface area (Å²) in [5.74, 6) is 0.838. The zero-order chi connectivity index (χ0) is 18.4. The van der Waals surface area contributed by atoms with E-state index in [-0.39, 0.29) is 12.5 Å². The molecule has 2 N–H and O–H groups in total. The second-order valence-electron chi connectivity index (χ2n) is 8.35. The van der Waals surface area contributed by atoms with E-state index in [2.05, 4.69) is 6.08 Å². The van der Waals surface area contributed by atoms with E-state index in [1.165, 1.54) is 44.9 Å². The van der Waals surface area contributed by atoms with E-state index in [0.29, 0.717) is 30.0 Å². The van der Waals surface area contributed by atoms with Crippen molar-refractivity contribution >= 4 is 5.97 Å². The van der Waals surface area contributed by atoms with Crippen LogP contribution in [0.1, 0.15) is 70.6 Å². The van der Waals surface area contributed by atoms with Crippen LogP contribution < -0.4 is 0 Å². The molecule has 2 bridgehead atoms. The van der Waals surface area contributed by atoms with Crippen LogP contribution >= 0.6 is 0 Å². The monoisotopic (exact) mass is 362 g/mol. The van der Waals surface area contributed by atoms with Crippen molar-refractivity contribution in [2.24, 2.45) is 17.8 Å². The molecular formula is C22H34O4. The molecule has 3 fully saturated rings. The largest absolute Gasteiger partial charge is 0.481 e. The van der Waals surface area contributed by atoms with Crippen molar-refractivity contribution in [3.63, 3.8) is 0 Å². The Labute approximate surface area is 157 Å². The van der Waals surface area contributed by atoms with Crippen molar-refractivity contribution < 1.29 is 19.7 Å². The van der Waals surface area contributed by atoms with E-state index in [4.69, 9.17) is 9.84 Å². The zero-order valence-electron chi connectivity index (χ0n) is 15.8. The molecule has 3 aliphatic rings. The van der Waals surface area contributed by atoms with Gasteiger partial charge in [-0.15, -0.1) is 0 Å². The van der Waals surface area contributed by atoms with E-state index < -0.39 is 5.97 Å². The van der Waals surface area contributed by atoms with E-state index in [1.54, 1.807) is 6.08 Å². The lowest BCUT2D eigenvalue weighted by Crippen LogP contribution is -2.29. The minimum atomic E-state index is -0.798. The lowest BCUT2D eigenvalue weighted by Gasteiger charge is -2.31. The van der Waals surface area contributed by atoms with Gasteiger partial charge in [0.1, 0.15) is 0 Å². The summed E-state index contributed by atoms with van der Waals surface area (Å²) in [6.07, 6.45) is 19.9. The van der Waals surface area contributed by atoms with Gasteiger partial charge in [-0.05, 0) is 62.7 Å². The lowest BCUT2D eigenvalue weighted by atomic mass is 9.74. The average Bonchev–Trinajstić information content (AvgIpc) is 3.24.